The Bertz CT molecular complexity index is 488. The van der Waals surface area contributed by atoms with Crippen molar-refractivity contribution in [1.29, 1.82) is 0 Å². The monoisotopic (exact) mass is 266 g/mol. The molecule has 1 aromatic rings. The number of anilines is 1. The first kappa shape index (κ1) is 12.9. The lowest BCUT2D eigenvalue weighted by Gasteiger charge is -2.34. The molecule has 0 aromatic heterocycles. The molecular weight excluding hydrogens is 252 g/mol. The van der Waals surface area contributed by atoms with E-state index < -0.39 is 6.04 Å². The normalized spacial score (nSPS) is 20.2. The number of rotatable bonds is 2. The molecule has 0 bridgehead atoms. The SMILES string of the molecule is CC(C)C1NC(=O)CN(c2ccccc2Cl)C1=O. The molecule has 1 aliphatic rings. The Hall–Kier alpha value is -1.55. The van der Waals surface area contributed by atoms with Gasteiger partial charge < -0.3 is 5.32 Å². The molecule has 5 heteroatoms. The summed E-state index contributed by atoms with van der Waals surface area (Å²) in [5.41, 5.74) is 0.588. The van der Waals surface area contributed by atoms with Crippen LogP contribution in [0.2, 0.25) is 5.02 Å². The summed E-state index contributed by atoms with van der Waals surface area (Å²) in [6, 6.07) is 6.56. The van der Waals surface area contributed by atoms with Crippen LogP contribution in [0.15, 0.2) is 24.3 Å². The quantitative estimate of drug-likeness (QED) is 0.888. The molecule has 2 amide bonds. The molecule has 4 nitrogen and oxygen atoms in total. The largest absolute Gasteiger partial charge is 0.342 e. The first-order valence-electron chi connectivity index (χ1n) is 5.86. The van der Waals surface area contributed by atoms with Crippen LogP contribution in [0.4, 0.5) is 5.69 Å². The first-order valence-corrected chi connectivity index (χ1v) is 6.23. The fraction of sp³-hybridized carbons (Fsp3) is 0.385. The number of piperazine rings is 1. The zero-order chi connectivity index (χ0) is 13.3. The first-order chi connectivity index (χ1) is 8.50. The Kier molecular flexibility index (Phi) is 3.57. The summed E-state index contributed by atoms with van der Waals surface area (Å²) in [5.74, 6) is -0.224. The van der Waals surface area contributed by atoms with Crippen molar-refractivity contribution in [2.45, 2.75) is 19.9 Å². The van der Waals surface area contributed by atoms with Gasteiger partial charge in [0.2, 0.25) is 11.8 Å². The molecule has 1 heterocycles. The van der Waals surface area contributed by atoms with Crippen LogP contribution in [-0.2, 0) is 9.59 Å². The average molecular weight is 267 g/mol. The van der Waals surface area contributed by atoms with Crippen molar-refractivity contribution in [1.82, 2.24) is 5.32 Å². The molecule has 1 saturated heterocycles. The van der Waals surface area contributed by atoms with Crippen molar-refractivity contribution in [2.75, 3.05) is 11.4 Å². The molecule has 1 unspecified atom stereocenters. The molecule has 1 aromatic carbocycles. The lowest BCUT2D eigenvalue weighted by molar-refractivity contribution is -0.132. The van der Waals surface area contributed by atoms with Gasteiger partial charge in [0.05, 0.1) is 10.7 Å². The van der Waals surface area contributed by atoms with Crippen LogP contribution in [0.1, 0.15) is 13.8 Å². The number of hydrogen-bond donors (Lipinski definition) is 1. The minimum Gasteiger partial charge on any atom is -0.342 e. The maximum Gasteiger partial charge on any atom is 0.250 e. The number of carbonyl (C=O) groups excluding carboxylic acids is 2. The Labute approximate surface area is 111 Å². The van der Waals surface area contributed by atoms with Crippen LogP contribution in [0.3, 0.4) is 0 Å². The Morgan fingerprint density at radius 2 is 2.00 bits per heavy atom. The van der Waals surface area contributed by atoms with Gasteiger partial charge in [-0.1, -0.05) is 37.6 Å². The standard InChI is InChI=1S/C13H15ClN2O2/c1-8(2)12-13(18)16(7-11(17)15-12)10-6-4-3-5-9(10)14/h3-6,8,12H,7H2,1-2H3,(H,15,17). The highest BCUT2D eigenvalue weighted by Crippen LogP contribution is 2.27. The third-order valence-corrected chi connectivity index (χ3v) is 3.28. The number of halogens is 1. The van der Waals surface area contributed by atoms with Gasteiger partial charge in [-0.15, -0.1) is 0 Å². The molecule has 0 aliphatic carbocycles. The molecule has 96 valence electrons. The van der Waals surface area contributed by atoms with Gasteiger partial charge in [-0.2, -0.15) is 0 Å². The second-order valence-electron chi connectivity index (χ2n) is 4.66. The number of para-hydroxylation sites is 1. The van der Waals surface area contributed by atoms with Crippen molar-refractivity contribution in [3.05, 3.63) is 29.3 Å². The highest BCUT2D eigenvalue weighted by atomic mass is 35.5. The minimum atomic E-state index is -0.484. The van der Waals surface area contributed by atoms with E-state index in [4.69, 9.17) is 11.6 Å². The Morgan fingerprint density at radius 1 is 1.33 bits per heavy atom. The Morgan fingerprint density at radius 3 is 2.61 bits per heavy atom. The third kappa shape index (κ3) is 2.34. The molecule has 1 aliphatic heterocycles. The van der Waals surface area contributed by atoms with E-state index in [2.05, 4.69) is 5.32 Å². The van der Waals surface area contributed by atoms with Crippen LogP contribution in [0, 0.1) is 5.92 Å². The molecule has 0 spiro atoms. The van der Waals surface area contributed by atoms with E-state index in [-0.39, 0.29) is 24.3 Å². The van der Waals surface area contributed by atoms with Crippen molar-refractivity contribution >= 4 is 29.1 Å². The van der Waals surface area contributed by atoms with Crippen LogP contribution < -0.4 is 10.2 Å². The van der Waals surface area contributed by atoms with Crippen LogP contribution in [-0.4, -0.2) is 24.4 Å². The zero-order valence-electron chi connectivity index (χ0n) is 10.3. The molecule has 1 atom stereocenters. The zero-order valence-corrected chi connectivity index (χ0v) is 11.1. The lowest BCUT2D eigenvalue weighted by atomic mass is 10.0. The second kappa shape index (κ2) is 4.98. The van der Waals surface area contributed by atoms with Gasteiger partial charge in [-0.05, 0) is 18.1 Å². The third-order valence-electron chi connectivity index (χ3n) is 2.96. The number of carbonyl (C=O) groups is 2. The summed E-state index contributed by atoms with van der Waals surface area (Å²) in [7, 11) is 0. The summed E-state index contributed by atoms with van der Waals surface area (Å²) in [5, 5.41) is 3.19. The molecule has 18 heavy (non-hydrogen) atoms. The molecular formula is C13H15ClN2O2. The van der Waals surface area contributed by atoms with E-state index >= 15 is 0 Å². The van der Waals surface area contributed by atoms with Gasteiger partial charge in [0.1, 0.15) is 12.6 Å². The number of amides is 2. The molecule has 2 rings (SSSR count). The fourth-order valence-electron chi connectivity index (χ4n) is 2.00. The van der Waals surface area contributed by atoms with Gasteiger partial charge in [0.25, 0.3) is 0 Å². The van der Waals surface area contributed by atoms with E-state index in [1.54, 1.807) is 24.3 Å². The number of nitrogens with one attached hydrogen (secondary N) is 1. The molecule has 1 N–H and O–H groups in total. The maximum atomic E-state index is 12.3. The molecule has 1 fully saturated rings. The van der Waals surface area contributed by atoms with Crippen molar-refractivity contribution < 1.29 is 9.59 Å². The summed E-state index contributed by atoms with van der Waals surface area (Å²) in [4.78, 5) is 25.4. The predicted octanol–water partition coefficient (Wildman–Crippen LogP) is 1.83. The summed E-state index contributed by atoms with van der Waals surface area (Å²) < 4.78 is 0. The van der Waals surface area contributed by atoms with Crippen molar-refractivity contribution in [3.63, 3.8) is 0 Å². The van der Waals surface area contributed by atoms with Crippen molar-refractivity contribution in [3.8, 4) is 0 Å². The minimum absolute atomic E-state index is 0.0196. The van der Waals surface area contributed by atoms with E-state index in [9.17, 15) is 9.59 Å². The van der Waals surface area contributed by atoms with Crippen LogP contribution in [0.25, 0.3) is 0 Å². The second-order valence-corrected chi connectivity index (χ2v) is 5.07. The fourth-order valence-corrected chi connectivity index (χ4v) is 2.23. The summed E-state index contributed by atoms with van der Waals surface area (Å²) in [6.07, 6.45) is 0. The van der Waals surface area contributed by atoms with Crippen LogP contribution >= 0.6 is 11.6 Å². The highest BCUT2D eigenvalue weighted by molar-refractivity contribution is 6.34. The van der Waals surface area contributed by atoms with Gasteiger partial charge in [0, 0.05) is 0 Å². The maximum absolute atomic E-state index is 12.3. The van der Waals surface area contributed by atoms with E-state index in [1.165, 1.54) is 4.90 Å². The average Bonchev–Trinajstić information content (AvgIpc) is 2.32. The Balaban J connectivity index is 2.35. The van der Waals surface area contributed by atoms with Gasteiger partial charge >= 0.3 is 0 Å². The molecule has 0 radical (unpaired) electrons. The number of benzene rings is 1. The molecule has 0 saturated carbocycles. The van der Waals surface area contributed by atoms with Crippen molar-refractivity contribution in [2.24, 2.45) is 5.92 Å². The predicted molar refractivity (Wildman–Crippen MR) is 70.6 cm³/mol. The smallest absolute Gasteiger partial charge is 0.250 e. The summed E-state index contributed by atoms with van der Waals surface area (Å²) >= 11 is 6.07. The highest BCUT2D eigenvalue weighted by Gasteiger charge is 2.35. The topological polar surface area (TPSA) is 49.4 Å². The summed E-state index contributed by atoms with van der Waals surface area (Å²) in [6.45, 7) is 3.82. The number of hydrogen-bond acceptors (Lipinski definition) is 2. The van der Waals surface area contributed by atoms with E-state index in [1.807, 2.05) is 13.8 Å². The van der Waals surface area contributed by atoms with E-state index in [0.29, 0.717) is 10.7 Å². The van der Waals surface area contributed by atoms with Gasteiger partial charge in [-0.25, -0.2) is 0 Å². The van der Waals surface area contributed by atoms with Crippen LogP contribution in [0.5, 0.6) is 0 Å². The number of nitrogens with zero attached hydrogens (tertiary/aromatic N) is 1. The lowest BCUT2D eigenvalue weighted by Crippen LogP contribution is -2.60. The van der Waals surface area contributed by atoms with E-state index in [0.717, 1.165) is 0 Å². The van der Waals surface area contributed by atoms with Gasteiger partial charge in [-0.3, -0.25) is 14.5 Å². The van der Waals surface area contributed by atoms with Gasteiger partial charge in [0.15, 0.2) is 0 Å².